The smallest absolute Gasteiger partial charge is 0.322 e. The average Bonchev–Trinajstić information content (AvgIpc) is 2.39. The van der Waals surface area contributed by atoms with Crippen molar-refractivity contribution in [3.05, 3.63) is 29.6 Å². The zero-order chi connectivity index (χ0) is 16.0. The molecule has 0 bridgehead atoms. The van der Waals surface area contributed by atoms with Crippen LogP contribution in [0.3, 0.4) is 0 Å². The first-order valence-electron chi connectivity index (χ1n) is 5.47. The number of anilines is 1. The van der Waals surface area contributed by atoms with Crippen LogP contribution in [0.1, 0.15) is 0 Å². The number of nitrogens with one attached hydrogen (secondary N) is 3. The maximum absolute atomic E-state index is 13.2. The Labute approximate surface area is 116 Å². The van der Waals surface area contributed by atoms with Crippen LogP contribution in [-0.4, -0.2) is 36.1 Å². The summed E-state index contributed by atoms with van der Waals surface area (Å²) in [4.78, 5) is 32.5. The molecule has 1 aromatic rings. The molecule has 0 aliphatic heterocycles. The van der Waals surface area contributed by atoms with Crippen molar-refractivity contribution in [2.45, 2.75) is 0 Å². The molecule has 0 spiro atoms. The Kier molecular flexibility index (Phi) is 5.52. The van der Waals surface area contributed by atoms with Crippen LogP contribution in [-0.2, 0) is 9.59 Å². The van der Waals surface area contributed by atoms with Gasteiger partial charge < -0.3 is 21.1 Å². The summed E-state index contributed by atoms with van der Waals surface area (Å²) in [5, 5.41) is 14.0. The quantitative estimate of drug-likeness (QED) is 0.591. The molecule has 114 valence electrons. The molecule has 1 aromatic carbocycles. The van der Waals surface area contributed by atoms with E-state index in [2.05, 4.69) is 0 Å². The molecule has 21 heavy (non-hydrogen) atoms. The van der Waals surface area contributed by atoms with Crippen molar-refractivity contribution in [2.75, 3.05) is 18.4 Å². The van der Waals surface area contributed by atoms with Gasteiger partial charge in [0.2, 0.25) is 5.91 Å². The molecule has 0 aromatic heterocycles. The summed E-state index contributed by atoms with van der Waals surface area (Å²) < 4.78 is 38.9. The lowest BCUT2D eigenvalue weighted by Gasteiger charge is -2.09. The van der Waals surface area contributed by atoms with Gasteiger partial charge in [-0.15, -0.1) is 0 Å². The van der Waals surface area contributed by atoms with Gasteiger partial charge in [0, 0.05) is 12.1 Å². The van der Waals surface area contributed by atoms with Gasteiger partial charge in [-0.2, -0.15) is 0 Å². The topological polar surface area (TPSA) is 108 Å². The minimum absolute atomic E-state index is 0.303. The zero-order valence-electron chi connectivity index (χ0n) is 10.4. The second-order valence-electron chi connectivity index (χ2n) is 3.73. The maximum Gasteiger partial charge on any atom is 0.322 e. The Morgan fingerprint density at radius 1 is 1.05 bits per heavy atom. The molecule has 7 nitrogen and oxygen atoms in total. The standard InChI is InChI=1S/C11H10F3N3O4/c12-5-1-6(13)10(14)7(2-5)17-11(21)16-3-8(18)15-4-9(19)20/h1-2H,3-4H2,(H,15,18)(H,19,20)(H2,16,17,21). The maximum atomic E-state index is 13.2. The highest BCUT2D eigenvalue weighted by Gasteiger charge is 2.14. The molecule has 0 fully saturated rings. The summed E-state index contributed by atoms with van der Waals surface area (Å²) >= 11 is 0. The van der Waals surface area contributed by atoms with Crippen LogP contribution >= 0.6 is 0 Å². The number of carbonyl (C=O) groups is 3. The summed E-state index contributed by atoms with van der Waals surface area (Å²) in [6.07, 6.45) is 0. The minimum Gasteiger partial charge on any atom is -0.480 e. The predicted octanol–water partition coefficient (Wildman–Crippen LogP) is 0.426. The summed E-state index contributed by atoms with van der Waals surface area (Å²) in [7, 11) is 0. The highest BCUT2D eigenvalue weighted by molar-refractivity contribution is 5.92. The number of benzene rings is 1. The second kappa shape index (κ2) is 7.12. The summed E-state index contributed by atoms with van der Waals surface area (Å²) in [6, 6.07) is -0.232. The van der Waals surface area contributed by atoms with Crippen molar-refractivity contribution in [1.82, 2.24) is 10.6 Å². The number of urea groups is 1. The van der Waals surface area contributed by atoms with Gasteiger partial charge in [-0.25, -0.2) is 18.0 Å². The van der Waals surface area contributed by atoms with Crippen LogP contribution in [0.15, 0.2) is 12.1 Å². The Morgan fingerprint density at radius 2 is 1.71 bits per heavy atom. The first kappa shape index (κ1) is 16.3. The highest BCUT2D eigenvalue weighted by atomic mass is 19.2. The van der Waals surface area contributed by atoms with Gasteiger partial charge >= 0.3 is 12.0 Å². The Morgan fingerprint density at radius 3 is 2.33 bits per heavy atom. The van der Waals surface area contributed by atoms with Crippen molar-refractivity contribution in [3.63, 3.8) is 0 Å². The Hall–Kier alpha value is -2.78. The molecule has 3 amide bonds. The van der Waals surface area contributed by atoms with E-state index in [0.29, 0.717) is 12.1 Å². The van der Waals surface area contributed by atoms with E-state index in [9.17, 15) is 27.6 Å². The van der Waals surface area contributed by atoms with Gasteiger partial charge in [-0.3, -0.25) is 9.59 Å². The third-order valence-electron chi connectivity index (χ3n) is 2.09. The molecule has 0 atom stereocenters. The van der Waals surface area contributed by atoms with Crippen LogP contribution in [0.5, 0.6) is 0 Å². The fourth-order valence-corrected chi connectivity index (χ4v) is 1.21. The second-order valence-corrected chi connectivity index (χ2v) is 3.73. The third-order valence-corrected chi connectivity index (χ3v) is 2.09. The fraction of sp³-hybridized carbons (Fsp3) is 0.182. The van der Waals surface area contributed by atoms with E-state index in [4.69, 9.17) is 5.11 Å². The SMILES string of the molecule is O=C(O)CNC(=O)CNC(=O)Nc1cc(F)cc(F)c1F. The fourth-order valence-electron chi connectivity index (χ4n) is 1.21. The van der Waals surface area contributed by atoms with Crippen LogP contribution in [0.25, 0.3) is 0 Å². The van der Waals surface area contributed by atoms with Crippen LogP contribution in [0, 0.1) is 17.5 Å². The summed E-state index contributed by atoms with van der Waals surface area (Å²) in [5.41, 5.74) is -0.740. The summed E-state index contributed by atoms with van der Waals surface area (Å²) in [5.74, 6) is -6.11. The Bertz CT molecular complexity index is 580. The van der Waals surface area contributed by atoms with Gasteiger partial charge in [0.15, 0.2) is 11.6 Å². The van der Waals surface area contributed by atoms with E-state index in [-0.39, 0.29) is 0 Å². The number of hydrogen-bond donors (Lipinski definition) is 4. The molecular formula is C11H10F3N3O4. The van der Waals surface area contributed by atoms with Gasteiger partial charge in [-0.1, -0.05) is 0 Å². The third kappa shape index (κ3) is 5.38. The average molecular weight is 305 g/mol. The molecule has 0 heterocycles. The van der Waals surface area contributed by atoms with Crippen molar-refractivity contribution in [3.8, 4) is 0 Å². The zero-order valence-corrected chi connectivity index (χ0v) is 10.4. The largest absolute Gasteiger partial charge is 0.480 e. The molecule has 0 aliphatic carbocycles. The number of rotatable bonds is 5. The number of carboxylic acids is 1. The summed E-state index contributed by atoms with van der Waals surface area (Å²) in [6.45, 7) is -1.23. The molecule has 0 radical (unpaired) electrons. The number of carbonyl (C=O) groups excluding carboxylic acids is 2. The van der Waals surface area contributed by atoms with E-state index < -0.39 is 54.1 Å². The first-order valence-corrected chi connectivity index (χ1v) is 5.47. The molecule has 0 saturated heterocycles. The highest BCUT2D eigenvalue weighted by Crippen LogP contribution is 2.18. The molecule has 0 saturated carbocycles. The number of carboxylic acid groups (broad SMARTS) is 1. The lowest BCUT2D eigenvalue weighted by molar-refractivity contribution is -0.137. The van der Waals surface area contributed by atoms with Crippen LogP contribution in [0.2, 0.25) is 0 Å². The van der Waals surface area contributed by atoms with E-state index in [1.807, 2.05) is 16.0 Å². The predicted molar refractivity (Wildman–Crippen MR) is 64.0 cm³/mol. The molecule has 0 aliphatic rings. The molecule has 10 heteroatoms. The van der Waals surface area contributed by atoms with Gasteiger partial charge in [0.1, 0.15) is 12.4 Å². The number of amides is 3. The lowest BCUT2D eigenvalue weighted by atomic mass is 10.3. The van der Waals surface area contributed by atoms with Crippen molar-refractivity contribution in [1.29, 1.82) is 0 Å². The lowest BCUT2D eigenvalue weighted by Crippen LogP contribution is -2.40. The van der Waals surface area contributed by atoms with Crippen LogP contribution in [0.4, 0.5) is 23.7 Å². The van der Waals surface area contributed by atoms with E-state index in [1.54, 1.807) is 0 Å². The van der Waals surface area contributed by atoms with E-state index in [0.717, 1.165) is 0 Å². The van der Waals surface area contributed by atoms with Crippen LogP contribution < -0.4 is 16.0 Å². The van der Waals surface area contributed by atoms with Gasteiger partial charge in [-0.05, 0) is 0 Å². The van der Waals surface area contributed by atoms with E-state index >= 15 is 0 Å². The number of halogens is 3. The monoisotopic (exact) mass is 305 g/mol. The van der Waals surface area contributed by atoms with Crippen molar-refractivity contribution in [2.24, 2.45) is 0 Å². The normalized spacial score (nSPS) is 9.86. The molecule has 1 rings (SSSR count). The van der Waals surface area contributed by atoms with Crippen molar-refractivity contribution >= 4 is 23.6 Å². The molecule has 4 N–H and O–H groups in total. The first-order chi connectivity index (χ1) is 9.79. The minimum atomic E-state index is -1.48. The molecular weight excluding hydrogens is 295 g/mol. The number of aliphatic carboxylic acids is 1. The van der Waals surface area contributed by atoms with Gasteiger partial charge in [0.25, 0.3) is 0 Å². The van der Waals surface area contributed by atoms with Crippen molar-refractivity contribution < 1.29 is 32.7 Å². The van der Waals surface area contributed by atoms with E-state index in [1.165, 1.54) is 0 Å². The van der Waals surface area contributed by atoms with Gasteiger partial charge in [0.05, 0.1) is 12.2 Å². The molecule has 0 unspecified atom stereocenters. The Balaban J connectivity index is 2.51. The number of hydrogen-bond acceptors (Lipinski definition) is 3.